The number of ether oxygens (including phenoxy) is 3. The molecule has 1 aliphatic heterocycles. The van der Waals surface area contributed by atoms with Gasteiger partial charge in [-0.3, -0.25) is 4.79 Å². The zero-order chi connectivity index (χ0) is 22.4. The van der Waals surface area contributed by atoms with Gasteiger partial charge in [-0.25, -0.2) is 9.78 Å². The molecule has 2 N–H and O–H groups in total. The summed E-state index contributed by atoms with van der Waals surface area (Å²) in [6.45, 7) is 9.46. The van der Waals surface area contributed by atoms with E-state index >= 15 is 0 Å². The summed E-state index contributed by atoms with van der Waals surface area (Å²) in [5.74, 6) is 1.18. The molecule has 2 aromatic rings. The predicted molar refractivity (Wildman–Crippen MR) is 116 cm³/mol. The molecule has 9 heteroatoms. The number of imidazole rings is 1. The molecule has 1 fully saturated rings. The van der Waals surface area contributed by atoms with Gasteiger partial charge in [0.15, 0.2) is 6.61 Å². The molecular formula is C22H32N4O5. The van der Waals surface area contributed by atoms with Crippen molar-refractivity contribution in [1.82, 2.24) is 20.2 Å². The van der Waals surface area contributed by atoms with Crippen LogP contribution in [0.4, 0.5) is 4.79 Å². The van der Waals surface area contributed by atoms with E-state index in [-0.39, 0.29) is 25.1 Å². The van der Waals surface area contributed by atoms with Gasteiger partial charge in [-0.05, 0) is 52.7 Å². The quantitative estimate of drug-likeness (QED) is 0.697. The van der Waals surface area contributed by atoms with Crippen molar-refractivity contribution in [2.24, 2.45) is 0 Å². The van der Waals surface area contributed by atoms with Gasteiger partial charge in [0.05, 0.1) is 17.6 Å². The van der Waals surface area contributed by atoms with Crippen LogP contribution in [0.25, 0.3) is 11.0 Å². The lowest BCUT2D eigenvalue weighted by Crippen LogP contribution is -2.33. The van der Waals surface area contributed by atoms with Crippen molar-refractivity contribution in [2.75, 3.05) is 26.4 Å². The molecule has 0 spiro atoms. The third kappa shape index (κ3) is 6.33. The van der Waals surface area contributed by atoms with E-state index in [1.54, 1.807) is 6.07 Å². The number of carbonyl (C=O) groups is 2. The lowest BCUT2D eigenvalue weighted by Gasteiger charge is -2.26. The Labute approximate surface area is 182 Å². The van der Waals surface area contributed by atoms with Crippen LogP contribution in [-0.2, 0) is 20.8 Å². The predicted octanol–water partition coefficient (Wildman–Crippen LogP) is 2.93. The standard InChI is InChI=1S/C22H32N4O5/c1-5-23-20(27)14-30-16-6-7-17-18(12-16)26(15-8-10-29-11-9-15)19(25-17)13-24-21(28)31-22(2,3)4/h6-7,12,15H,5,8-11,13-14H2,1-4H3,(H,23,27)(H,24,28). The summed E-state index contributed by atoms with van der Waals surface area (Å²) in [7, 11) is 0. The van der Waals surface area contributed by atoms with E-state index in [1.807, 2.05) is 39.8 Å². The molecule has 1 aromatic heterocycles. The maximum absolute atomic E-state index is 12.1. The first-order valence-electron chi connectivity index (χ1n) is 10.7. The number of nitrogens with one attached hydrogen (secondary N) is 2. The van der Waals surface area contributed by atoms with Crippen LogP contribution in [0.15, 0.2) is 18.2 Å². The third-order valence-corrected chi connectivity index (χ3v) is 4.82. The van der Waals surface area contributed by atoms with Gasteiger partial charge in [0.2, 0.25) is 0 Å². The Morgan fingerprint density at radius 1 is 1.23 bits per heavy atom. The van der Waals surface area contributed by atoms with Gasteiger partial charge in [0, 0.05) is 31.9 Å². The monoisotopic (exact) mass is 432 g/mol. The molecule has 0 unspecified atom stereocenters. The van der Waals surface area contributed by atoms with Crippen LogP contribution >= 0.6 is 0 Å². The van der Waals surface area contributed by atoms with Gasteiger partial charge in [0.1, 0.15) is 17.2 Å². The maximum Gasteiger partial charge on any atom is 0.408 e. The van der Waals surface area contributed by atoms with Gasteiger partial charge < -0.3 is 29.4 Å². The van der Waals surface area contributed by atoms with E-state index in [0.29, 0.717) is 25.5 Å². The maximum atomic E-state index is 12.1. The fourth-order valence-corrected chi connectivity index (χ4v) is 3.55. The third-order valence-electron chi connectivity index (χ3n) is 4.82. The second kappa shape index (κ2) is 10.00. The number of fused-ring (bicyclic) bond motifs is 1. The van der Waals surface area contributed by atoms with Crippen LogP contribution in [0.2, 0.25) is 0 Å². The lowest BCUT2D eigenvalue weighted by molar-refractivity contribution is -0.122. The van der Waals surface area contributed by atoms with Crippen molar-refractivity contribution in [2.45, 2.75) is 58.7 Å². The number of benzene rings is 1. The molecule has 2 heterocycles. The minimum atomic E-state index is -0.568. The first-order valence-corrected chi connectivity index (χ1v) is 10.7. The number of likely N-dealkylation sites (N-methyl/N-ethyl adjacent to an activating group) is 1. The number of rotatable bonds is 7. The molecule has 31 heavy (non-hydrogen) atoms. The number of aromatic nitrogens is 2. The number of alkyl carbamates (subject to hydrolysis) is 1. The first-order chi connectivity index (χ1) is 14.8. The highest BCUT2D eigenvalue weighted by atomic mass is 16.6. The molecule has 3 rings (SSSR count). The average molecular weight is 433 g/mol. The number of hydrogen-bond donors (Lipinski definition) is 2. The summed E-state index contributed by atoms with van der Waals surface area (Å²) in [5.41, 5.74) is 1.14. The van der Waals surface area contributed by atoms with Crippen LogP contribution in [0, 0.1) is 0 Å². The summed E-state index contributed by atoms with van der Waals surface area (Å²) in [5, 5.41) is 5.52. The second-order valence-corrected chi connectivity index (χ2v) is 8.49. The molecule has 9 nitrogen and oxygen atoms in total. The number of amides is 2. The molecule has 2 amide bonds. The fourth-order valence-electron chi connectivity index (χ4n) is 3.55. The molecule has 0 aliphatic carbocycles. The summed E-state index contributed by atoms with van der Waals surface area (Å²) < 4.78 is 18.7. The van der Waals surface area contributed by atoms with Gasteiger partial charge in [0.25, 0.3) is 5.91 Å². The van der Waals surface area contributed by atoms with E-state index in [4.69, 9.17) is 19.2 Å². The van der Waals surface area contributed by atoms with Crippen LogP contribution in [0.3, 0.4) is 0 Å². The van der Waals surface area contributed by atoms with Crippen molar-refractivity contribution in [3.8, 4) is 5.75 Å². The van der Waals surface area contributed by atoms with Gasteiger partial charge in [-0.2, -0.15) is 0 Å². The van der Waals surface area contributed by atoms with E-state index in [0.717, 1.165) is 29.7 Å². The second-order valence-electron chi connectivity index (χ2n) is 8.49. The molecule has 170 valence electrons. The Morgan fingerprint density at radius 2 is 1.97 bits per heavy atom. The number of carbonyl (C=O) groups excluding carboxylic acids is 2. The molecule has 1 saturated heterocycles. The van der Waals surface area contributed by atoms with Crippen molar-refractivity contribution in [3.05, 3.63) is 24.0 Å². The minimum Gasteiger partial charge on any atom is -0.484 e. The molecule has 0 bridgehead atoms. The molecular weight excluding hydrogens is 400 g/mol. The Balaban J connectivity index is 1.84. The molecule has 0 atom stereocenters. The van der Waals surface area contributed by atoms with Crippen molar-refractivity contribution >= 4 is 23.0 Å². The number of hydrogen-bond acceptors (Lipinski definition) is 6. The van der Waals surface area contributed by atoms with Crippen molar-refractivity contribution in [1.29, 1.82) is 0 Å². The SMILES string of the molecule is CCNC(=O)COc1ccc2nc(CNC(=O)OC(C)(C)C)n(C3CCOCC3)c2c1. The molecule has 0 saturated carbocycles. The van der Waals surface area contributed by atoms with Crippen molar-refractivity contribution < 1.29 is 23.8 Å². The zero-order valence-electron chi connectivity index (χ0n) is 18.7. The highest BCUT2D eigenvalue weighted by Gasteiger charge is 2.23. The Hall–Kier alpha value is -2.81. The molecule has 1 aromatic carbocycles. The Bertz CT molecular complexity index is 912. The van der Waals surface area contributed by atoms with E-state index < -0.39 is 11.7 Å². The van der Waals surface area contributed by atoms with Crippen LogP contribution in [-0.4, -0.2) is 53.5 Å². The summed E-state index contributed by atoms with van der Waals surface area (Å²) in [6, 6.07) is 5.77. The zero-order valence-corrected chi connectivity index (χ0v) is 18.7. The van der Waals surface area contributed by atoms with Gasteiger partial charge in [-0.15, -0.1) is 0 Å². The van der Waals surface area contributed by atoms with Crippen LogP contribution < -0.4 is 15.4 Å². The van der Waals surface area contributed by atoms with Gasteiger partial charge >= 0.3 is 6.09 Å². The van der Waals surface area contributed by atoms with E-state index in [9.17, 15) is 9.59 Å². The topological polar surface area (TPSA) is 104 Å². The normalized spacial score (nSPS) is 15.0. The van der Waals surface area contributed by atoms with Crippen LogP contribution in [0.1, 0.15) is 52.4 Å². The summed E-state index contributed by atoms with van der Waals surface area (Å²) in [4.78, 5) is 28.6. The summed E-state index contributed by atoms with van der Waals surface area (Å²) in [6.07, 6.45) is 1.23. The largest absolute Gasteiger partial charge is 0.484 e. The fraction of sp³-hybridized carbons (Fsp3) is 0.591. The van der Waals surface area contributed by atoms with E-state index in [2.05, 4.69) is 15.2 Å². The molecule has 1 aliphatic rings. The Morgan fingerprint density at radius 3 is 2.65 bits per heavy atom. The Kier molecular flexibility index (Phi) is 7.37. The molecule has 0 radical (unpaired) electrons. The smallest absolute Gasteiger partial charge is 0.408 e. The van der Waals surface area contributed by atoms with Gasteiger partial charge in [-0.1, -0.05) is 0 Å². The summed E-state index contributed by atoms with van der Waals surface area (Å²) >= 11 is 0. The minimum absolute atomic E-state index is 0.0438. The first kappa shape index (κ1) is 22.9. The highest BCUT2D eigenvalue weighted by Crippen LogP contribution is 2.30. The average Bonchev–Trinajstić information content (AvgIpc) is 3.08. The van der Waals surface area contributed by atoms with Crippen LogP contribution in [0.5, 0.6) is 5.75 Å². The van der Waals surface area contributed by atoms with Crippen molar-refractivity contribution in [3.63, 3.8) is 0 Å². The lowest BCUT2D eigenvalue weighted by atomic mass is 10.1. The number of nitrogens with zero attached hydrogens (tertiary/aromatic N) is 2. The van der Waals surface area contributed by atoms with E-state index in [1.165, 1.54) is 0 Å². The highest BCUT2D eigenvalue weighted by molar-refractivity contribution is 5.79.